The largest absolute Gasteiger partial charge is 0.269 e. The van der Waals surface area contributed by atoms with Crippen LogP contribution in [0, 0.1) is 24.0 Å². The monoisotopic (exact) mass is 152 g/mol. The van der Waals surface area contributed by atoms with Crippen LogP contribution in [0.4, 0.5) is 5.69 Å². The van der Waals surface area contributed by atoms with Crippen LogP contribution in [0.5, 0.6) is 0 Å². The highest BCUT2D eigenvalue weighted by Crippen LogP contribution is 2.15. The van der Waals surface area contributed by atoms with E-state index >= 15 is 0 Å². The smallest absolute Gasteiger partial charge is 0.258 e. The molecule has 3 nitrogen and oxygen atoms in total. The Bertz CT molecular complexity index is 336. The number of hydrogen-bond acceptors (Lipinski definition) is 2. The standard InChI is InChI=1S/C8H9NO2/c1-6-3-7(2)5-8(4-6)9(10)11/h3-5H,1-2H3/i4D. The first kappa shape index (κ1) is 6.34. The summed E-state index contributed by atoms with van der Waals surface area (Å²) in [6.45, 7) is 3.47. The first-order chi connectivity index (χ1) is 5.52. The van der Waals surface area contributed by atoms with Gasteiger partial charge in [-0.3, -0.25) is 10.1 Å². The zero-order valence-electron chi connectivity index (χ0n) is 7.42. The molecule has 11 heavy (non-hydrogen) atoms. The Labute approximate surface area is 66.2 Å². The number of benzene rings is 1. The van der Waals surface area contributed by atoms with Crippen LogP contribution in [0.25, 0.3) is 0 Å². The summed E-state index contributed by atoms with van der Waals surface area (Å²) >= 11 is 0. The molecule has 0 saturated heterocycles. The van der Waals surface area contributed by atoms with Gasteiger partial charge in [-0.15, -0.1) is 0 Å². The number of nitro benzene ring substituents is 1. The Morgan fingerprint density at radius 2 is 2.09 bits per heavy atom. The van der Waals surface area contributed by atoms with Gasteiger partial charge in [-0.2, -0.15) is 0 Å². The molecule has 0 aliphatic carbocycles. The van der Waals surface area contributed by atoms with Gasteiger partial charge in [0.15, 0.2) is 0 Å². The van der Waals surface area contributed by atoms with Crippen LogP contribution < -0.4 is 0 Å². The summed E-state index contributed by atoms with van der Waals surface area (Å²) in [4.78, 5) is 9.89. The lowest BCUT2D eigenvalue weighted by Crippen LogP contribution is -1.89. The molecule has 0 aliphatic rings. The van der Waals surface area contributed by atoms with E-state index in [-0.39, 0.29) is 11.7 Å². The lowest BCUT2D eigenvalue weighted by Gasteiger charge is -1.95. The predicted octanol–water partition coefficient (Wildman–Crippen LogP) is 2.21. The van der Waals surface area contributed by atoms with Gasteiger partial charge in [-0.1, -0.05) is 6.07 Å². The molecule has 0 amide bonds. The van der Waals surface area contributed by atoms with E-state index in [1.165, 1.54) is 6.07 Å². The van der Waals surface area contributed by atoms with Crippen molar-refractivity contribution in [2.75, 3.05) is 0 Å². The average Bonchev–Trinajstić information content (AvgIpc) is 1.96. The molecule has 0 N–H and O–H groups in total. The molecule has 0 unspecified atom stereocenters. The van der Waals surface area contributed by atoms with Crippen LogP contribution in [0.2, 0.25) is 0 Å². The van der Waals surface area contributed by atoms with Crippen molar-refractivity contribution in [2.45, 2.75) is 13.8 Å². The second-order valence-electron chi connectivity index (χ2n) is 2.48. The van der Waals surface area contributed by atoms with E-state index in [4.69, 9.17) is 1.37 Å². The van der Waals surface area contributed by atoms with Crippen LogP contribution in [0.1, 0.15) is 12.5 Å². The first-order valence-corrected chi connectivity index (χ1v) is 3.24. The molecule has 0 fully saturated rings. The van der Waals surface area contributed by atoms with E-state index in [1.807, 2.05) is 0 Å². The fraction of sp³-hybridized carbons (Fsp3) is 0.250. The van der Waals surface area contributed by atoms with E-state index in [9.17, 15) is 10.1 Å². The summed E-state index contributed by atoms with van der Waals surface area (Å²) in [5.74, 6) is 0. The van der Waals surface area contributed by atoms with Gasteiger partial charge in [0.05, 0.1) is 6.29 Å². The molecule has 0 saturated carbocycles. The van der Waals surface area contributed by atoms with Crippen molar-refractivity contribution in [3.8, 4) is 0 Å². The van der Waals surface area contributed by atoms with E-state index in [0.29, 0.717) is 5.56 Å². The lowest BCUT2D eigenvalue weighted by atomic mass is 10.1. The van der Waals surface area contributed by atoms with E-state index in [1.54, 1.807) is 19.9 Å². The van der Waals surface area contributed by atoms with E-state index < -0.39 is 4.92 Å². The van der Waals surface area contributed by atoms with Gasteiger partial charge in [0.25, 0.3) is 5.69 Å². The zero-order valence-corrected chi connectivity index (χ0v) is 6.42. The maximum absolute atomic E-state index is 10.4. The highest BCUT2D eigenvalue weighted by molar-refractivity contribution is 5.37. The molecule has 0 bridgehead atoms. The zero-order chi connectivity index (χ0) is 9.30. The fourth-order valence-electron chi connectivity index (χ4n) is 0.971. The van der Waals surface area contributed by atoms with Gasteiger partial charge >= 0.3 is 0 Å². The average molecular weight is 152 g/mol. The summed E-state index contributed by atoms with van der Waals surface area (Å²) < 4.78 is 7.38. The van der Waals surface area contributed by atoms with Crippen LogP contribution in [0.3, 0.4) is 0 Å². The SMILES string of the molecule is [2H]c1c(C)cc(C)cc1[N+](=O)[O-]. The predicted molar refractivity (Wildman–Crippen MR) is 42.6 cm³/mol. The third-order valence-electron chi connectivity index (χ3n) is 1.33. The van der Waals surface area contributed by atoms with Gasteiger partial charge in [0, 0.05) is 12.1 Å². The van der Waals surface area contributed by atoms with Gasteiger partial charge < -0.3 is 0 Å². The summed E-state index contributed by atoms with van der Waals surface area (Å²) in [5, 5.41) is 10.4. The van der Waals surface area contributed by atoms with Crippen LogP contribution in [-0.4, -0.2) is 4.92 Å². The van der Waals surface area contributed by atoms with Gasteiger partial charge in [0.1, 0.15) is 0 Å². The summed E-state index contributed by atoms with van der Waals surface area (Å²) in [6, 6.07) is 3.18. The van der Waals surface area contributed by atoms with Gasteiger partial charge in [-0.25, -0.2) is 0 Å². The maximum Gasteiger partial charge on any atom is 0.269 e. The number of rotatable bonds is 1. The Morgan fingerprint density at radius 3 is 2.64 bits per heavy atom. The molecule has 0 aromatic heterocycles. The summed E-state index contributed by atoms with van der Waals surface area (Å²) in [6.07, 6.45) is 0. The van der Waals surface area contributed by atoms with Crippen molar-refractivity contribution >= 4 is 5.69 Å². The number of aryl methyl sites for hydroxylation is 2. The first-order valence-electron chi connectivity index (χ1n) is 3.74. The maximum atomic E-state index is 10.4. The minimum absolute atomic E-state index is 0.00519. The molecular formula is C8H9NO2. The minimum atomic E-state index is -0.525. The second kappa shape index (κ2) is 2.70. The second-order valence-corrected chi connectivity index (χ2v) is 2.48. The van der Waals surface area contributed by atoms with Crippen molar-refractivity contribution in [2.24, 2.45) is 0 Å². The molecule has 0 spiro atoms. The molecule has 0 aliphatic heterocycles. The number of hydrogen-bond donors (Lipinski definition) is 0. The normalized spacial score (nSPS) is 10.9. The number of nitro groups is 1. The third kappa shape index (κ3) is 1.77. The molecule has 1 rings (SSSR count). The molecule has 0 radical (unpaired) electrons. The number of nitrogens with zero attached hydrogens (tertiary/aromatic N) is 1. The van der Waals surface area contributed by atoms with Crippen LogP contribution >= 0.6 is 0 Å². The molecule has 58 valence electrons. The molecular weight excluding hydrogens is 142 g/mol. The highest BCUT2D eigenvalue weighted by atomic mass is 16.6. The Balaban J connectivity index is 3.37. The van der Waals surface area contributed by atoms with Gasteiger partial charge in [0.2, 0.25) is 0 Å². The summed E-state index contributed by atoms with van der Waals surface area (Å²) in [7, 11) is 0. The van der Waals surface area contributed by atoms with Crippen molar-refractivity contribution in [1.82, 2.24) is 0 Å². The van der Waals surface area contributed by atoms with Gasteiger partial charge in [-0.05, 0) is 25.0 Å². The Kier molecular flexibility index (Phi) is 1.55. The molecule has 0 heterocycles. The van der Waals surface area contributed by atoms with Crippen LogP contribution in [-0.2, 0) is 0 Å². The van der Waals surface area contributed by atoms with Crippen LogP contribution in [0.15, 0.2) is 18.2 Å². The van der Waals surface area contributed by atoms with Crippen molar-refractivity contribution in [3.63, 3.8) is 0 Å². The molecule has 1 aromatic rings. The molecule has 3 heteroatoms. The van der Waals surface area contributed by atoms with E-state index in [0.717, 1.165) is 5.56 Å². The van der Waals surface area contributed by atoms with Crippen molar-refractivity contribution < 1.29 is 6.29 Å². The minimum Gasteiger partial charge on any atom is -0.258 e. The van der Waals surface area contributed by atoms with Crippen molar-refractivity contribution in [3.05, 3.63) is 39.4 Å². The molecule has 1 aromatic carbocycles. The fourth-order valence-corrected chi connectivity index (χ4v) is 0.971. The Hall–Kier alpha value is -1.38. The Morgan fingerprint density at radius 1 is 1.45 bits per heavy atom. The van der Waals surface area contributed by atoms with Crippen molar-refractivity contribution in [1.29, 1.82) is 0 Å². The lowest BCUT2D eigenvalue weighted by molar-refractivity contribution is -0.384. The quantitative estimate of drug-likeness (QED) is 0.457. The molecule has 0 atom stereocenters. The summed E-state index contributed by atoms with van der Waals surface area (Å²) in [5.41, 5.74) is 1.34. The van der Waals surface area contributed by atoms with E-state index in [2.05, 4.69) is 0 Å². The highest BCUT2D eigenvalue weighted by Gasteiger charge is 2.04. The third-order valence-corrected chi connectivity index (χ3v) is 1.33. The topological polar surface area (TPSA) is 43.1 Å².